The summed E-state index contributed by atoms with van der Waals surface area (Å²) in [6.07, 6.45) is 39.0. The summed E-state index contributed by atoms with van der Waals surface area (Å²) in [6.45, 7) is 9.55. The zero-order valence-corrected chi connectivity index (χ0v) is 31.3. The van der Waals surface area contributed by atoms with Crippen molar-refractivity contribution in [2.24, 2.45) is 11.8 Å². The third-order valence-corrected chi connectivity index (χ3v) is 10.1. The van der Waals surface area contributed by atoms with Gasteiger partial charge in [-0.15, -0.1) is 0 Å². The second-order valence-electron chi connectivity index (χ2n) is 14.6. The molecule has 4 nitrogen and oxygen atoms in total. The number of rotatable bonds is 36. The van der Waals surface area contributed by atoms with Crippen LogP contribution in [-0.4, -0.2) is 46.8 Å². The Morgan fingerprint density at radius 2 is 0.844 bits per heavy atom. The van der Waals surface area contributed by atoms with Crippen molar-refractivity contribution in [3.05, 3.63) is 0 Å². The largest absolute Gasteiger partial charge is 0.394 e. The number of carbonyl (C=O) groups excluding carboxylic acids is 1. The summed E-state index contributed by atoms with van der Waals surface area (Å²) in [5, 5.41) is 19.5. The van der Waals surface area contributed by atoms with Crippen LogP contribution >= 0.6 is 0 Å². The van der Waals surface area contributed by atoms with Gasteiger partial charge in [0.2, 0.25) is 5.91 Å². The second kappa shape index (κ2) is 34.7. The molecule has 3 unspecified atom stereocenters. The molecule has 2 N–H and O–H groups in total. The van der Waals surface area contributed by atoms with Crippen molar-refractivity contribution in [1.29, 1.82) is 0 Å². The molecule has 0 aliphatic carbocycles. The highest BCUT2D eigenvalue weighted by molar-refractivity contribution is 5.79. The molecule has 1 amide bonds. The van der Waals surface area contributed by atoms with Crippen LogP contribution in [0.2, 0.25) is 0 Å². The molecule has 0 bridgehead atoms. The maximum absolute atomic E-state index is 13.7. The molecule has 0 aromatic carbocycles. The Kier molecular flexibility index (Phi) is 34.2. The fourth-order valence-corrected chi connectivity index (χ4v) is 7.00. The van der Waals surface area contributed by atoms with E-state index in [2.05, 4.69) is 27.7 Å². The molecule has 0 fully saturated rings. The highest BCUT2D eigenvalue weighted by atomic mass is 16.3. The number of carbonyl (C=O) groups is 1. The van der Waals surface area contributed by atoms with Crippen LogP contribution < -0.4 is 0 Å². The molecule has 0 radical (unpaired) electrons. The molecule has 0 aliphatic rings. The Morgan fingerprint density at radius 1 is 0.511 bits per heavy atom. The Labute approximate surface area is 283 Å². The molecule has 0 heterocycles. The topological polar surface area (TPSA) is 60.8 Å². The summed E-state index contributed by atoms with van der Waals surface area (Å²) >= 11 is 0. The summed E-state index contributed by atoms with van der Waals surface area (Å²) in [4.78, 5) is 15.5. The molecule has 0 aliphatic heterocycles. The van der Waals surface area contributed by atoms with Gasteiger partial charge in [-0.05, 0) is 25.2 Å². The van der Waals surface area contributed by atoms with Gasteiger partial charge in [-0.3, -0.25) is 4.79 Å². The fraction of sp³-hybridized carbons (Fsp3) is 0.976. The maximum atomic E-state index is 13.7. The molecule has 0 rings (SSSR count). The van der Waals surface area contributed by atoms with Gasteiger partial charge in [-0.25, -0.2) is 0 Å². The molecule has 45 heavy (non-hydrogen) atoms. The molecule has 0 aromatic rings. The second-order valence-corrected chi connectivity index (χ2v) is 14.6. The van der Waals surface area contributed by atoms with Gasteiger partial charge < -0.3 is 15.1 Å². The lowest BCUT2D eigenvalue weighted by Gasteiger charge is -2.31. The first-order valence-electron chi connectivity index (χ1n) is 20.6. The molecule has 0 aromatic heterocycles. The Morgan fingerprint density at radius 3 is 1.18 bits per heavy atom. The Balaban J connectivity index is 4.17. The first-order valence-corrected chi connectivity index (χ1v) is 20.6. The highest BCUT2D eigenvalue weighted by Crippen LogP contribution is 2.27. The van der Waals surface area contributed by atoms with Gasteiger partial charge in [0.25, 0.3) is 0 Å². The lowest BCUT2D eigenvalue weighted by molar-refractivity contribution is -0.139. The van der Waals surface area contributed by atoms with Gasteiger partial charge >= 0.3 is 0 Å². The van der Waals surface area contributed by atoms with Crippen LogP contribution in [0.4, 0.5) is 0 Å². The molecule has 3 atom stereocenters. The lowest BCUT2D eigenvalue weighted by Crippen LogP contribution is -2.44. The van der Waals surface area contributed by atoms with Gasteiger partial charge in [0.15, 0.2) is 0 Å². The average molecular weight is 638 g/mol. The Hall–Kier alpha value is -0.610. The van der Waals surface area contributed by atoms with E-state index >= 15 is 0 Å². The zero-order valence-electron chi connectivity index (χ0n) is 31.3. The number of aliphatic hydroxyl groups excluding tert-OH is 2. The minimum Gasteiger partial charge on any atom is -0.394 e. The van der Waals surface area contributed by atoms with E-state index < -0.39 is 6.10 Å². The number of amides is 1. The first-order chi connectivity index (χ1) is 22.0. The molecular formula is C41H83NO3. The van der Waals surface area contributed by atoms with Crippen molar-refractivity contribution in [3.8, 4) is 0 Å². The number of hydrogen-bond donors (Lipinski definition) is 2. The van der Waals surface area contributed by atoms with E-state index in [4.69, 9.17) is 0 Å². The predicted molar refractivity (Wildman–Crippen MR) is 198 cm³/mol. The summed E-state index contributed by atoms with van der Waals surface area (Å²) < 4.78 is 0. The highest BCUT2D eigenvalue weighted by Gasteiger charge is 2.29. The minimum atomic E-state index is -0.848. The molecular weight excluding hydrogens is 554 g/mol. The molecule has 4 heteroatoms. The van der Waals surface area contributed by atoms with Crippen molar-refractivity contribution in [2.75, 3.05) is 19.7 Å². The smallest absolute Gasteiger partial charge is 0.226 e. The van der Waals surface area contributed by atoms with Crippen LogP contribution in [0, 0.1) is 11.8 Å². The van der Waals surface area contributed by atoms with E-state index in [1.54, 1.807) is 0 Å². The summed E-state index contributed by atoms with van der Waals surface area (Å²) in [5.74, 6) is 0.620. The lowest BCUT2D eigenvalue weighted by atomic mass is 9.84. The van der Waals surface area contributed by atoms with E-state index in [1.165, 1.54) is 167 Å². The number of aliphatic hydroxyl groups is 2. The third-order valence-electron chi connectivity index (χ3n) is 10.1. The van der Waals surface area contributed by atoms with Crippen molar-refractivity contribution in [3.63, 3.8) is 0 Å². The van der Waals surface area contributed by atoms with Gasteiger partial charge in [0.1, 0.15) is 0 Å². The van der Waals surface area contributed by atoms with Crippen LogP contribution in [0.15, 0.2) is 0 Å². The number of nitrogens with zero attached hydrogens (tertiary/aromatic N) is 1. The standard InChI is InChI=1S/C41H83NO3/c1-5-8-10-12-14-15-16-17-18-19-20-21-22-23-24-25-26-28-30-32-34-40(38(4)33-31-29-27-13-11-9-6-2)41(45)42(35-7-3)36-39(44)37-43/h38-40,43-44H,5-37H2,1-4H3. The number of hydrogen-bond acceptors (Lipinski definition) is 3. The van der Waals surface area contributed by atoms with E-state index in [9.17, 15) is 15.0 Å². The fourth-order valence-electron chi connectivity index (χ4n) is 7.00. The molecule has 270 valence electrons. The van der Waals surface area contributed by atoms with Gasteiger partial charge in [-0.2, -0.15) is 0 Å². The van der Waals surface area contributed by atoms with Crippen LogP contribution in [-0.2, 0) is 4.79 Å². The van der Waals surface area contributed by atoms with Crippen molar-refractivity contribution >= 4 is 5.91 Å². The van der Waals surface area contributed by atoms with Crippen molar-refractivity contribution < 1.29 is 15.0 Å². The summed E-state index contributed by atoms with van der Waals surface area (Å²) in [6, 6.07) is 0. The van der Waals surface area contributed by atoms with Gasteiger partial charge in [0, 0.05) is 19.0 Å². The van der Waals surface area contributed by atoms with Crippen LogP contribution in [0.3, 0.4) is 0 Å². The predicted octanol–water partition coefficient (Wildman–Crippen LogP) is 12.2. The summed E-state index contributed by atoms with van der Waals surface area (Å²) in [7, 11) is 0. The van der Waals surface area contributed by atoms with Crippen LogP contribution in [0.1, 0.15) is 220 Å². The Bertz CT molecular complexity index is 597. The van der Waals surface area contributed by atoms with Crippen LogP contribution in [0.5, 0.6) is 0 Å². The first kappa shape index (κ1) is 44.4. The normalized spacial score (nSPS) is 13.6. The van der Waals surface area contributed by atoms with Crippen molar-refractivity contribution in [2.45, 2.75) is 226 Å². The SMILES string of the molecule is CCCCCCCCCCCCCCCCCCCCCCC(C(=O)N(CCC)CC(O)CO)C(C)CCCCCCCCC. The van der Waals surface area contributed by atoms with E-state index in [-0.39, 0.29) is 25.0 Å². The maximum Gasteiger partial charge on any atom is 0.226 e. The monoisotopic (exact) mass is 638 g/mol. The van der Waals surface area contributed by atoms with Gasteiger partial charge in [-0.1, -0.05) is 201 Å². The van der Waals surface area contributed by atoms with E-state index in [0.29, 0.717) is 12.5 Å². The quantitative estimate of drug-likeness (QED) is 0.0672. The van der Waals surface area contributed by atoms with Crippen LogP contribution in [0.25, 0.3) is 0 Å². The van der Waals surface area contributed by atoms with Crippen molar-refractivity contribution in [1.82, 2.24) is 4.90 Å². The number of unbranched alkanes of at least 4 members (excludes halogenated alkanes) is 25. The molecule has 0 saturated heterocycles. The summed E-state index contributed by atoms with van der Waals surface area (Å²) in [5.41, 5.74) is 0. The minimum absolute atomic E-state index is 0.0399. The zero-order chi connectivity index (χ0) is 33.2. The van der Waals surface area contributed by atoms with E-state index in [0.717, 1.165) is 25.7 Å². The van der Waals surface area contributed by atoms with Gasteiger partial charge in [0.05, 0.1) is 12.7 Å². The molecule has 0 spiro atoms. The third kappa shape index (κ3) is 28.1. The average Bonchev–Trinajstić information content (AvgIpc) is 3.04. The van der Waals surface area contributed by atoms with E-state index in [1.807, 2.05) is 4.90 Å². The molecule has 0 saturated carbocycles.